The molecule has 7 heteroatoms. The Morgan fingerprint density at radius 1 is 1.00 bits per heavy atom. The minimum Gasteiger partial charge on any atom is -0.368 e. The predicted octanol–water partition coefficient (Wildman–Crippen LogP) is 4.04. The first kappa shape index (κ1) is 18.8. The Kier molecular flexibility index (Phi) is 4.76. The molecule has 0 radical (unpaired) electrons. The fourth-order valence-corrected chi connectivity index (χ4v) is 6.32. The van der Waals surface area contributed by atoms with E-state index in [9.17, 15) is 4.79 Å². The van der Waals surface area contributed by atoms with Gasteiger partial charge in [0.2, 0.25) is 0 Å². The second-order valence-corrected chi connectivity index (χ2v) is 10.3. The third-order valence-electron chi connectivity index (χ3n) is 7.18. The molecule has 2 saturated carbocycles. The lowest BCUT2D eigenvalue weighted by molar-refractivity contribution is 0.248. The molecule has 3 aromatic heterocycles. The summed E-state index contributed by atoms with van der Waals surface area (Å²) in [7, 11) is 0. The van der Waals surface area contributed by atoms with E-state index in [4.69, 9.17) is 4.98 Å². The van der Waals surface area contributed by atoms with Gasteiger partial charge >= 0.3 is 0 Å². The standard InChI is InChI=1S/C23H29N5OS/c29-23-21-20(25-15-28(23)17-4-2-1-3-5-17)19-18(8-9-24-22(19)30-21)27-12-10-26(11-13-27)14-16-6-7-16/h8-9,15-17H,1-7,10-14H2. The Morgan fingerprint density at radius 3 is 2.57 bits per heavy atom. The maximum atomic E-state index is 13.3. The lowest BCUT2D eigenvalue weighted by Gasteiger charge is -2.36. The van der Waals surface area contributed by atoms with E-state index in [1.165, 1.54) is 55.7 Å². The molecule has 1 saturated heterocycles. The third kappa shape index (κ3) is 3.32. The van der Waals surface area contributed by atoms with Gasteiger partial charge in [-0.25, -0.2) is 9.97 Å². The summed E-state index contributed by atoms with van der Waals surface area (Å²) < 4.78 is 2.66. The van der Waals surface area contributed by atoms with Gasteiger partial charge in [-0.05, 0) is 37.7 Å². The number of fused-ring (bicyclic) bond motifs is 3. The van der Waals surface area contributed by atoms with Crippen molar-refractivity contribution in [1.82, 2.24) is 19.4 Å². The van der Waals surface area contributed by atoms with Crippen LogP contribution in [0, 0.1) is 5.92 Å². The summed E-state index contributed by atoms with van der Waals surface area (Å²) in [6, 6.07) is 2.42. The number of rotatable bonds is 4. The first-order chi connectivity index (χ1) is 14.8. The molecule has 3 fully saturated rings. The van der Waals surface area contributed by atoms with E-state index in [0.717, 1.165) is 65.4 Å². The molecule has 0 spiro atoms. The first-order valence-corrected chi connectivity index (χ1v) is 12.4. The van der Waals surface area contributed by atoms with Crippen LogP contribution in [0.5, 0.6) is 0 Å². The van der Waals surface area contributed by atoms with Gasteiger partial charge in [-0.2, -0.15) is 0 Å². The zero-order valence-corrected chi connectivity index (χ0v) is 18.2. The number of hydrogen-bond donors (Lipinski definition) is 0. The van der Waals surface area contributed by atoms with Crippen LogP contribution in [-0.4, -0.2) is 52.2 Å². The highest BCUT2D eigenvalue weighted by molar-refractivity contribution is 7.25. The van der Waals surface area contributed by atoms with Crippen molar-refractivity contribution in [2.45, 2.75) is 51.0 Å². The van der Waals surface area contributed by atoms with E-state index in [0.29, 0.717) is 6.04 Å². The van der Waals surface area contributed by atoms with Crippen LogP contribution < -0.4 is 10.5 Å². The molecule has 0 aromatic carbocycles. The lowest BCUT2D eigenvalue weighted by atomic mass is 9.95. The molecule has 0 amide bonds. The van der Waals surface area contributed by atoms with Crippen molar-refractivity contribution in [2.75, 3.05) is 37.6 Å². The van der Waals surface area contributed by atoms with Gasteiger partial charge in [0, 0.05) is 45.0 Å². The monoisotopic (exact) mass is 423 g/mol. The van der Waals surface area contributed by atoms with Crippen molar-refractivity contribution in [2.24, 2.45) is 5.92 Å². The van der Waals surface area contributed by atoms with Gasteiger partial charge < -0.3 is 4.90 Å². The third-order valence-corrected chi connectivity index (χ3v) is 8.25. The van der Waals surface area contributed by atoms with Crippen molar-refractivity contribution in [3.05, 3.63) is 28.9 Å². The summed E-state index contributed by atoms with van der Waals surface area (Å²) in [5, 5.41) is 1.07. The smallest absolute Gasteiger partial charge is 0.271 e. The maximum absolute atomic E-state index is 13.3. The fraction of sp³-hybridized carbons (Fsp3) is 0.609. The van der Waals surface area contributed by atoms with Crippen molar-refractivity contribution < 1.29 is 0 Å². The molecular formula is C23H29N5OS. The van der Waals surface area contributed by atoms with Gasteiger partial charge in [0.25, 0.3) is 5.56 Å². The highest BCUT2D eigenvalue weighted by atomic mass is 32.1. The predicted molar refractivity (Wildman–Crippen MR) is 123 cm³/mol. The SMILES string of the molecule is O=c1c2sc3nccc(N4CCN(CC5CC5)CC4)c3c2ncn1C1CCCCC1. The maximum Gasteiger partial charge on any atom is 0.271 e. The molecular weight excluding hydrogens is 394 g/mol. The minimum atomic E-state index is 0.120. The van der Waals surface area contributed by atoms with Crippen LogP contribution in [0.1, 0.15) is 51.0 Å². The molecule has 3 aliphatic rings. The summed E-state index contributed by atoms with van der Waals surface area (Å²) in [4.78, 5) is 28.8. The molecule has 4 heterocycles. The molecule has 0 atom stereocenters. The number of piperazine rings is 1. The zero-order valence-electron chi connectivity index (χ0n) is 17.4. The van der Waals surface area contributed by atoms with E-state index in [1.54, 1.807) is 6.33 Å². The second kappa shape index (κ2) is 7.61. The van der Waals surface area contributed by atoms with Crippen molar-refractivity contribution in [3.63, 3.8) is 0 Å². The van der Waals surface area contributed by atoms with E-state index >= 15 is 0 Å². The van der Waals surface area contributed by atoms with Gasteiger partial charge in [0.1, 0.15) is 9.53 Å². The number of nitrogens with zero attached hydrogens (tertiary/aromatic N) is 5. The van der Waals surface area contributed by atoms with Crippen LogP contribution in [0.3, 0.4) is 0 Å². The molecule has 3 aromatic rings. The number of aromatic nitrogens is 3. The van der Waals surface area contributed by atoms with Crippen LogP contribution in [-0.2, 0) is 0 Å². The van der Waals surface area contributed by atoms with Gasteiger partial charge in [0.15, 0.2) is 0 Å². The van der Waals surface area contributed by atoms with Crippen molar-refractivity contribution in [1.29, 1.82) is 0 Å². The highest BCUT2D eigenvalue weighted by Crippen LogP contribution is 2.37. The average Bonchev–Trinajstić information content (AvgIpc) is 3.52. The Morgan fingerprint density at radius 2 is 1.80 bits per heavy atom. The number of pyridine rings is 1. The quantitative estimate of drug-likeness (QED) is 0.634. The summed E-state index contributed by atoms with van der Waals surface area (Å²) in [6.07, 6.45) is 12.4. The average molecular weight is 424 g/mol. The second-order valence-electron chi connectivity index (χ2n) is 9.27. The van der Waals surface area contributed by atoms with Gasteiger partial charge in [-0.3, -0.25) is 14.3 Å². The normalized spacial score (nSPS) is 21.7. The van der Waals surface area contributed by atoms with Crippen molar-refractivity contribution in [3.8, 4) is 0 Å². The van der Waals surface area contributed by atoms with Gasteiger partial charge in [-0.1, -0.05) is 19.3 Å². The lowest BCUT2D eigenvalue weighted by Crippen LogP contribution is -2.47. The summed E-state index contributed by atoms with van der Waals surface area (Å²) in [6.45, 7) is 5.56. The summed E-state index contributed by atoms with van der Waals surface area (Å²) >= 11 is 1.52. The molecule has 0 bridgehead atoms. The minimum absolute atomic E-state index is 0.120. The van der Waals surface area contributed by atoms with Crippen LogP contribution in [0.25, 0.3) is 20.4 Å². The first-order valence-electron chi connectivity index (χ1n) is 11.5. The van der Waals surface area contributed by atoms with E-state index in [1.807, 2.05) is 10.8 Å². The molecule has 6 rings (SSSR count). The van der Waals surface area contributed by atoms with Crippen LogP contribution in [0.2, 0.25) is 0 Å². The number of anilines is 1. The summed E-state index contributed by atoms with van der Waals surface area (Å²) in [5.74, 6) is 0.945. The number of thiophene rings is 1. The molecule has 0 unspecified atom stereocenters. The van der Waals surface area contributed by atoms with Gasteiger partial charge in [-0.15, -0.1) is 11.3 Å². The molecule has 158 valence electrons. The van der Waals surface area contributed by atoms with Crippen LogP contribution in [0.15, 0.2) is 23.4 Å². The van der Waals surface area contributed by atoms with Crippen LogP contribution in [0.4, 0.5) is 5.69 Å². The summed E-state index contributed by atoms with van der Waals surface area (Å²) in [5.41, 5.74) is 2.16. The van der Waals surface area contributed by atoms with Crippen LogP contribution >= 0.6 is 11.3 Å². The molecule has 30 heavy (non-hydrogen) atoms. The highest BCUT2D eigenvalue weighted by Gasteiger charge is 2.28. The van der Waals surface area contributed by atoms with E-state index in [-0.39, 0.29) is 5.56 Å². The Bertz CT molecular complexity index is 1120. The van der Waals surface area contributed by atoms with Crippen molar-refractivity contribution >= 4 is 37.5 Å². The molecule has 2 aliphatic carbocycles. The van der Waals surface area contributed by atoms with E-state index in [2.05, 4.69) is 20.9 Å². The van der Waals surface area contributed by atoms with E-state index < -0.39 is 0 Å². The molecule has 6 nitrogen and oxygen atoms in total. The Hall–Kier alpha value is -1.99. The molecule has 1 aliphatic heterocycles. The Labute approximate surface area is 180 Å². The number of hydrogen-bond acceptors (Lipinski definition) is 6. The Balaban J connectivity index is 1.35. The topological polar surface area (TPSA) is 54.3 Å². The zero-order chi connectivity index (χ0) is 20.1. The molecule has 0 N–H and O–H groups in total. The largest absolute Gasteiger partial charge is 0.368 e. The van der Waals surface area contributed by atoms with Gasteiger partial charge in [0.05, 0.1) is 22.9 Å². The fourth-order valence-electron chi connectivity index (χ4n) is 5.27.